The van der Waals surface area contributed by atoms with Gasteiger partial charge in [0.25, 0.3) is 0 Å². The van der Waals surface area contributed by atoms with Crippen LogP contribution in [0, 0.1) is 11.3 Å². The molecule has 0 bridgehead atoms. The van der Waals surface area contributed by atoms with Crippen molar-refractivity contribution in [2.24, 2.45) is 0 Å². The number of thiophene rings is 1. The highest BCUT2D eigenvalue weighted by Crippen LogP contribution is 2.34. The van der Waals surface area contributed by atoms with Crippen LogP contribution in [0.25, 0.3) is 5.03 Å². The molecule has 1 heterocycles. The second-order valence-corrected chi connectivity index (χ2v) is 4.93. The zero-order chi connectivity index (χ0) is 9.97. The second-order valence-electron chi connectivity index (χ2n) is 3.39. The molecule has 1 nitrogen and oxygen atoms in total. The van der Waals surface area contributed by atoms with Gasteiger partial charge in [-0.2, -0.15) is 5.26 Å². The third kappa shape index (κ3) is 1.84. The molecule has 0 amide bonds. The maximum Gasteiger partial charge on any atom is 0.0928 e. The highest BCUT2D eigenvalue weighted by Gasteiger charge is 2.14. The molecule has 3 heteroatoms. The molecule has 0 radical (unpaired) electrons. The zero-order valence-corrected chi connectivity index (χ0v) is 9.29. The van der Waals surface area contributed by atoms with Gasteiger partial charge in [0.1, 0.15) is 0 Å². The minimum Gasteiger partial charge on any atom is -0.193 e. The number of rotatable bonds is 1. The molecule has 1 aliphatic carbocycles. The highest BCUT2D eigenvalue weighted by atomic mass is 35.5. The fourth-order valence-electron chi connectivity index (χ4n) is 1.74. The van der Waals surface area contributed by atoms with E-state index in [4.69, 9.17) is 16.9 Å². The lowest BCUT2D eigenvalue weighted by Crippen LogP contribution is -1.96. The van der Waals surface area contributed by atoms with Gasteiger partial charge >= 0.3 is 0 Å². The van der Waals surface area contributed by atoms with Crippen LogP contribution in [0.3, 0.4) is 0 Å². The minimum atomic E-state index is 0.576. The van der Waals surface area contributed by atoms with Gasteiger partial charge in [-0.05, 0) is 37.3 Å². The number of nitriles is 1. The molecule has 0 aromatic carbocycles. The fourth-order valence-corrected chi connectivity index (χ4v) is 3.12. The van der Waals surface area contributed by atoms with E-state index in [9.17, 15) is 0 Å². The molecule has 0 fully saturated rings. The van der Waals surface area contributed by atoms with Gasteiger partial charge in [0.15, 0.2) is 0 Å². The van der Waals surface area contributed by atoms with Crippen molar-refractivity contribution in [1.29, 1.82) is 5.26 Å². The summed E-state index contributed by atoms with van der Waals surface area (Å²) in [6.45, 7) is 0. The maximum atomic E-state index is 8.49. The van der Waals surface area contributed by atoms with Crippen molar-refractivity contribution in [1.82, 2.24) is 0 Å². The van der Waals surface area contributed by atoms with Crippen molar-refractivity contribution in [3.63, 3.8) is 0 Å². The number of fused-ring (bicyclic) bond motifs is 1. The number of nitrogens with zero attached hydrogens (tertiary/aromatic N) is 1. The Bertz CT molecular complexity index is 388. The van der Waals surface area contributed by atoms with E-state index >= 15 is 0 Å². The van der Waals surface area contributed by atoms with Crippen molar-refractivity contribution in [2.45, 2.75) is 25.7 Å². The van der Waals surface area contributed by atoms with Crippen molar-refractivity contribution in [3.05, 3.63) is 27.5 Å². The van der Waals surface area contributed by atoms with Crippen LogP contribution < -0.4 is 0 Å². The van der Waals surface area contributed by atoms with Crippen molar-refractivity contribution in [2.75, 3.05) is 0 Å². The first kappa shape index (κ1) is 9.76. The van der Waals surface area contributed by atoms with E-state index in [-0.39, 0.29) is 0 Å². The average Bonchev–Trinajstić information content (AvgIpc) is 2.61. The first-order chi connectivity index (χ1) is 6.81. The van der Waals surface area contributed by atoms with E-state index < -0.39 is 0 Å². The number of aryl methyl sites for hydroxylation is 2. The Kier molecular flexibility index (Phi) is 2.90. The number of hydrogen-bond donors (Lipinski definition) is 0. The molecule has 1 aromatic rings. The van der Waals surface area contributed by atoms with Crippen LogP contribution in [-0.4, -0.2) is 0 Å². The summed E-state index contributed by atoms with van der Waals surface area (Å²) in [7, 11) is 0. The first-order valence-corrected chi connectivity index (χ1v) is 5.88. The molecule has 1 aromatic heterocycles. The van der Waals surface area contributed by atoms with Gasteiger partial charge in [-0.1, -0.05) is 11.6 Å². The summed E-state index contributed by atoms with van der Waals surface area (Å²) in [5.74, 6) is 0. The number of allylic oxidation sites excluding steroid dienone is 1. The lowest BCUT2D eigenvalue weighted by atomic mass is 9.99. The van der Waals surface area contributed by atoms with Gasteiger partial charge in [0, 0.05) is 15.8 Å². The third-order valence-corrected chi connectivity index (χ3v) is 4.12. The predicted molar refractivity (Wildman–Crippen MR) is 60.4 cm³/mol. The van der Waals surface area contributed by atoms with Crippen LogP contribution >= 0.6 is 22.9 Å². The summed E-state index contributed by atoms with van der Waals surface area (Å²) >= 11 is 7.71. The van der Waals surface area contributed by atoms with Gasteiger partial charge in [-0.3, -0.25) is 0 Å². The SMILES string of the molecule is N#C/C=C(\Cl)c1cc2c(s1)CCCC2. The van der Waals surface area contributed by atoms with Gasteiger partial charge in [-0.25, -0.2) is 0 Å². The van der Waals surface area contributed by atoms with Gasteiger partial charge in [0.05, 0.1) is 11.1 Å². The number of halogens is 1. The molecule has 0 unspecified atom stereocenters. The molecule has 0 spiro atoms. The summed E-state index contributed by atoms with van der Waals surface area (Å²) < 4.78 is 0. The second kappa shape index (κ2) is 4.16. The van der Waals surface area contributed by atoms with Crippen LogP contribution in [0.2, 0.25) is 0 Å². The fraction of sp³-hybridized carbons (Fsp3) is 0.364. The Hall–Kier alpha value is -0.780. The maximum absolute atomic E-state index is 8.49. The Morgan fingerprint density at radius 1 is 1.50 bits per heavy atom. The minimum absolute atomic E-state index is 0.576. The average molecular weight is 224 g/mol. The quantitative estimate of drug-likeness (QED) is 0.666. The molecule has 0 N–H and O–H groups in total. The van der Waals surface area contributed by atoms with Gasteiger partial charge in [0.2, 0.25) is 0 Å². The van der Waals surface area contributed by atoms with E-state index in [1.54, 1.807) is 11.3 Å². The lowest BCUT2D eigenvalue weighted by molar-refractivity contribution is 0.697. The summed E-state index contributed by atoms with van der Waals surface area (Å²) in [4.78, 5) is 2.50. The van der Waals surface area contributed by atoms with Gasteiger partial charge < -0.3 is 0 Å². The predicted octanol–water partition coefficient (Wildman–Crippen LogP) is 3.73. The highest BCUT2D eigenvalue weighted by molar-refractivity contribution is 7.14. The summed E-state index contributed by atoms with van der Waals surface area (Å²) in [5.41, 5.74) is 1.43. The summed E-state index contributed by atoms with van der Waals surface area (Å²) in [5, 5.41) is 9.07. The summed E-state index contributed by atoms with van der Waals surface area (Å²) in [6.07, 6.45) is 6.31. The molecule has 0 saturated heterocycles. The summed E-state index contributed by atoms with van der Waals surface area (Å²) in [6, 6.07) is 4.09. The normalized spacial score (nSPS) is 16.1. The van der Waals surface area contributed by atoms with Crippen molar-refractivity contribution < 1.29 is 0 Å². The standard InChI is InChI=1S/C11H10ClNS/c12-9(5-6-13)11-7-8-3-1-2-4-10(8)14-11/h5,7H,1-4H2/b9-5-. The van der Waals surface area contributed by atoms with E-state index in [1.807, 2.05) is 6.07 Å². The Morgan fingerprint density at radius 3 is 3.00 bits per heavy atom. The zero-order valence-electron chi connectivity index (χ0n) is 7.72. The van der Waals surface area contributed by atoms with E-state index in [2.05, 4.69) is 6.07 Å². The van der Waals surface area contributed by atoms with Crippen LogP contribution in [-0.2, 0) is 12.8 Å². The smallest absolute Gasteiger partial charge is 0.0928 e. The molecule has 14 heavy (non-hydrogen) atoms. The van der Waals surface area contributed by atoms with Crippen molar-refractivity contribution >= 4 is 28.0 Å². The first-order valence-electron chi connectivity index (χ1n) is 4.68. The largest absolute Gasteiger partial charge is 0.193 e. The Balaban J connectivity index is 2.34. The molecule has 1 aliphatic rings. The van der Waals surface area contributed by atoms with E-state index in [1.165, 1.54) is 42.2 Å². The molecular formula is C11H10ClNS. The molecule has 72 valence electrons. The third-order valence-electron chi connectivity index (χ3n) is 2.42. The van der Waals surface area contributed by atoms with E-state index in [0.717, 1.165) is 4.88 Å². The van der Waals surface area contributed by atoms with Crippen LogP contribution in [0.5, 0.6) is 0 Å². The van der Waals surface area contributed by atoms with Crippen molar-refractivity contribution in [3.8, 4) is 6.07 Å². The molecule has 2 rings (SSSR count). The molecule has 0 atom stereocenters. The van der Waals surface area contributed by atoms with Crippen LogP contribution in [0.1, 0.15) is 28.2 Å². The monoisotopic (exact) mass is 223 g/mol. The lowest BCUT2D eigenvalue weighted by Gasteiger charge is -2.08. The van der Waals surface area contributed by atoms with Gasteiger partial charge in [-0.15, -0.1) is 11.3 Å². The molecule has 0 saturated carbocycles. The Morgan fingerprint density at radius 2 is 2.29 bits per heavy atom. The Labute approximate surface area is 92.6 Å². The number of hydrogen-bond acceptors (Lipinski definition) is 2. The van der Waals surface area contributed by atoms with Crippen LogP contribution in [0.4, 0.5) is 0 Å². The topological polar surface area (TPSA) is 23.8 Å². The molecule has 0 aliphatic heterocycles. The van der Waals surface area contributed by atoms with Crippen LogP contribution in [0.15, 0.2) is 12.1 Å². The van der Waals surface area contributed by atoms with E-state index in [0.29, 0.717) is 5.03 Å². The molecular weight excluding hydrogens is 214 g/mol.